The van der Waals surface area contributed by atoms with Crippen molar-refractivity contribution in [1.29, 1.82) is 0 Å². The third-order valence-electron chi connectivity index (χ3n) is 4.44. The summed E-state index contributed by atoms with van der Waals surface area (Å²) < 4.78 is 13.0. The number of aliphatic carboxylic acids is 1. The number of carbonyl (C=O) groups is 2. The summed E-state index contributed by atoms with van der Waals surface area (Å²) in [6.07, 6.45) is 1.30. The van der Waals surface area contributed by atoms with Crippen LogP contribution >= 0.6 is 11.3 Å². The zero-order valence-corrected chi connectivity index (χ0v) is 14.1. The average molecular weight is 347 g/mol. The molecule has 1 aromatic heterocycles. The Balaban J connectivity index is 1.80. The lowest BCUT2D eigenvalue weighted by Gasteiger charge is -2.36. The molecule has 2 atom stereocenters. The predicted octanol–water partition coefficient (Wildman–Crippen LogP) is 3.88. The third kappa shape index (κ3) is 3.33. The first kappa shape index (κ1) is 16.6. The van der Waals surface area contributed by atoms with E-state index in [9.17, 15) is 19.1 Å². The van der Waals surface area contributed by atoms with E-state index in [1.807, 2.05) is 13.0 Å². The van der Waals surface area contributed by atoms with E-state index in [0.29, 0.717) is 17.7 Å². The van der Waals surface area contributed by atoms with E-state index >= 15 is 0 Å². The van der Waals surface area contributed by atoms with Crippen molar-refractivity contribution in [2.45, 2.75) is 25.8 Å². The quantitative estimate of drug-likeness (QED) is 0.917. The predicted molar refractivity (Wildman–Crippen MR) is 90.6 cm³/mol. The van der Waals surface area contributed by atoms with Gasteiger partial charge in [-0.2, -0.15) is 0 Å². The fourth-order valence-corrected chi connectivity index (χ4v) is 3.92. The SMILES string of the molecule is CC1CCC(C(=O)O)CN1C(=O)c1ccc(-c2ccc(F)cc2)s1. The summed E-state index contributed by atoms with van der Waals surface area (Å²) >= 11 is 1.34. The third-order valence-corrected chi connectivity index (χ3v) is 5.56. The molecular formula is C18H18FNO3S. The topological polar surface area (TPSA) is 57.6 Å². The number of carboxylic acids is 1. The number of carbonyl (C=O) groups excluding carboxylic acids is 1. The standard InChI is InChI=1S/C18H18FNO3S/c1-11-2-3-13(18(22)23)10-20(11)17(21)16-9-8-15(24-16)12-4-6-14(19)7-5-12/h4-9,11,13H,2-3,10H2,1H3,(H,22,23). The number of nitrogens with zero attached hydrogens (tertiary/aromatic N) is 1. The van der Waals surface area contributed by atoms with Crippen molar-refractivity contribution in [3.8, 4) is 10.4 Å². The van der Waals surface area contributed by atoms with Crippen LogP contribution in [0.3, 0.4) is 0 Å². The minimum atomic E-state index is -0.849. The Bertz CT molecular complexity index is 756. The Morgan fingerprint density at radius 1 is 1.17 bits per heavy atom. The molecule has 1 fully saturated rings. The highest BCUT2D eigenvalue weighted by molar-refractivity contribution is 7.17. The monoisotopic (exact) mass is 347 g/mol. The molecule has 4 nitrogen and oxygen atoms in total. The van der Waals surface area contributed by atoms with Crippen LogP contribution in [0.2, 0.25) is 0 Å². The Kier molecular flexibility index (Phi) is 4.66. The number of hydrogen-bond acceptors (Lipinski definition) is 3. The van der Waals surface area contributed by atoms with Crippen molar-refractivity contribution in [3.63, 3.8) is 0 Å². The van der Waals surface area contributed by atoms with Crippen LogP contribution in [0.25, 0.3) is 10.4 Å². The van der Waals surface area contributed by atoms with Crippen LogP contribution in [0.4, 0.5) is 4.39 Å². The van der Waals surface area contributed by atoms with Crippen LogP contribution in [0.15, 0.2) is 36.4 Å². The second-order valence-corrected chi connectivity index (χ2v) is 7.17. The Labute approximate surface area is 143 Å². The van der Waals surface area contributed by atoms with Crippen molar-refractivity contribution in [1.82, 2.24) is 4.90 Å². The molecule has 1 aliphatic heterocycles. The first-order valence-corrected chi connectivity index (χ1v) is 8.67. The molecule has 2 aromatic rings. The maximum absolute atomic E-state index is 13.0. The zero-order valence-electron chi connectivity index (χ0n) is 13.2. The first-order valence-electron chi connectivity index (χ1n) is 7.85. The van der Waals surface area contributed by atoms with E-state index in [-0.39, 0.29) is 24.3 Å². The molecule has 6 heteroatoms. The number of hydrogen-bond donors (Lipinski definition) is 1. The zero-order chi connectivity index (χ0) is 17.3. The second kappa shape index (κ2) is 6.73. The maximum atomic E-state index is 13.0. The molecule has 3 rings (SSSR count). The largest absolute Gasteiger partial charge is 0.481 e. The van der Waals surface area contributed by atoms with Crippen molar-refractivity contribution in [3.05, 3.63) is 47.1 Å². The summed E-state index contributed by atoms with van der Waals surface area (Å²) in [5.74, 6) is -1.78. The first-order chi connectivity index (χ1) is 11.5. The maximum Gasteiger partial charge on any atom is 0.308 e. The van der Waals surface area contributed by atoms with Gasteiger partial charge >= 0.3 is 5.97 Å². The molecule has 126 valence electrons. The molecule has 0 bridgehead atoms. The van der Waals surface area contributed by atoms with E-state index in [4.69, 9.17) is 0 Å². The molecule has 1 N–H and O–H groups in total. The lowest BCUT2D eigenvalue weighted by Crippen LogP contribution is -2.47. The minimum absolute atomic E-state index is 0.0319. The lowest BCUT2D eigenvalue weighted by molar-refractivity contribution is -0.143. The van der Waals surface area contributed by atoms with E-state index < -0.39 is 11.9 Å². The Hall–Kier alpha value is -2.21. The number of halogens is 1. The molecule has 0 aliphatic carbocycles. The van der Waals surface area contributed by atoms with Gasteiger partial charge in [-0.1, -0.05) is 12.1 Å². The van der Waals surface area contributed by atoms with Crippen molar-refractivity contribution in [2.75, 3.05) is 6.54 Å². The van der Waals surface area contributed by atoms with Crippen LogP contribution in [-0.4, -0.2) is 34.5 Å². The average Bonchev–Trinajstić information content (AvgIpc) is 3.05. The highest BCUT2D eigenvalue weighted by Gasteiger charge is 2.33. The van der Waals surface area contributed by atoms with E-state index in [0.717, 1.165) is 10.4 Å². The summed E-state index contributed by atoms with van der Waals surface area (Å²) in [6, 6.07) is 9.77. The fourth-order valence-electron chi connectivity index (χ4n) is 2.96. The van der Waals surface area contributed by atoms with E-state index in [2.05, 4.69) is 0 Å². The Morgan fingerprint density at radius 2 is 1.88 bits per heavy atom. The van der Waals surface area contributed by atoms with Crippen LogP contribution < -0.4 is 0 Å². The van der Waals surface area contributed by atoms with Gasteiger partial charge in [0.25, 0.3) is 5.91 Å². The van der Waals surface area contributed by atoms with Gasteiger partial charge < -0.3 is 10.0 Å². The summed E-state index contributed by atoms with van der Waals surface area (Å²) in [5.41, 5.74) is 0.857. The van der Waals surface area contributed by atoms with Gasteiger partial charge in [0.05, 0.1) is 10.8 Å². The van der Waals surface area contributed by atoms with Crippen molar-refractivity contribution < 1.29 is 19.1 Å². The van der Waals surface area contributed by atoms with Crippen LogP contribution in [0, 0.1) is 11.7 Å². The molecule has 0 saturated carbocycles. The molecule has 24 heavy (non-hydrogen) atoms. The summed E-state index contributed by atoms with van der Waals surface area (Å²) in [4.78, 5) is 27.1. The van der Waals surface area contributed by atoms with Crippen molar-refractivity contribution >= 4 is 23.2 Å². The lowest BCUT2D eigenvalue weighted by atomic mass is 9.93. The molecule has 2 heterocycles. The van der Waals surface area contributed by atoms with Crippen LogP contribution in [0.5, 0.6) is 0 Å². The second-order valence-electron chi connectivity index (χ2n) is 6.09. The van der Waals surface area contributed by atoms with Gasteiger partial charge in [0, 0.05) is 17.5 Å². The van der Waals surface area contributed by atoms with E-state index in [1.165, 1.54) is 23.5 Å². The van der Waals surface area contributed by atoms with Gasteiger partial charge in [-0.25, -0.2) is 4.39 Å². The van der Waals surface area contributed by atoms with Crippen molar-refractivity contribution in [2.24, 2.45) is 5.92 Å². The van der Waals surface area contributed by atoms with Gasteiger partial charge in [-0.15, -0.1) is 11.3 Å². The van der Waals surface area contributed by atoms with E-state index in [1.54, 1.807) is 23.1 Å². The number of rotatable bonds is 3. The highest BCUT2D eigenvalue weighted by atomic mass is 32.1. The van der Waals surface area contributed by atoms with Crippen LogP contribution in [0.1, 0.15) is 29.4 Å². The van der Waals surface area contributed by atoms with Gasteiger partial charge in [-0.05, 0) is 49.6 Å². The number of thiophene rings is 1. The summed E-state index contributed by atoms with van der Waals surface area (Å²) in [6.45, 7) is 2.20. The number of likely N-dealkylation sites (tertiary alicyclic amines) is 1. The van der Waals surface area contributed by atoms with Gasteiger partial charge in [0.2, 0.25) is 0 Å². The Morgan fingerprint density at radius 3 is 2.54 bits per heavy atom. The molecule has 0 spiro atoms. The molecule has 2 unspecified atom stereocenters. The van der Waals surface area contributed by atoms with Gasteiger partial charge in [0.15, 0.2) is 0 Å². The molecule has 1 amide bonds. The normalized spacial score (nSPS) is 20.8. The summed E-state index contributed by atoms with van der Waals surface area (Å²) in [7, 11) is 0. The van der Waals surface area contributed by atoms with Crippen LogP contribution in [-0.2, 0) is 4.79 Å². The fraction of sp³-hybridized carbons (Fsp3) is 0.333. The molecule has 1 aromatic carbocycles. The molecule has 0 radical (unpaired) electrons. The number of benzene rings is 1. The number of carboxylic acid groups (broad SMARTS) is 1. The molecule has 1 aliphatic rings. The number of piperidine rings is 1. The molecular weight excluding hydrogens is 329 g/mol. The minimum Gasteiger partial charge on any atom is -0.481 e. The number of amides is 1. The molecule has 1 saturated heterocycles. The van der Waals surface area contributed by atoms with Gasteiger partial charge in [-0.3, -0.25) is 9.59 Å². The van der Waals surface area contributed by atoms with Gasteiger partial charge in [0.1, 0.15) is 5.82 Å². The summed E-state index contributed by atoms with van der Waals surface area (Å²) in [5, 5.41) is 9.20. The highest BCUT2D eigenvalue weighted by Crippen LogP contribution is 2.31. The smallest absolute Gasteiger partial charge is 0.308 e.